The Bertz CT molecular complexity index is 1110. The molecule has 0 saturated heterocycles. The van der Waals surface area contributed by atoms with Gasteiger partial charge in [-0.15, -0.1) is 11.3 Å². The van der Waals surface area contributed by atoms with Crippen LogP contribution in [0.5, 0.6) is 0 Å². The maximum absolute atomic E-state index is 12.9. The van der Waals surface area contributed by atoms with Crippen LogP contribution in [-0.2, 0) is 6.54 Å². The Balaban J connectivity index is 1.61. The van der Waals surface area contributed by atoms with Gasteiger partial charge in [0.1, 0.15) is 16.1 Å². The number of thiazole rings is 1. The van der Waals surface area contributed by atoms with Gasteiger partial charge in [0, 0.05) is 25.5 Å². The summed E-state index contributed by atoms with van der Waals surface area (Å²) < 4.78 is 2.92. The average Bonchev–Trinajstić information content (AvgIpc) is 3.20. The highest BCUT2D eigenvalue weighted by molar-refractivity contribution is 7.18. The zero-order valence-electron chi connectivity index (χ0n) is 16.8. The number of aromatic nitrogens is 2. The molecular formula is C22H24N4O3S. The lowest BCUT2D eigenvalue weighted by Gasteiger charge is -2.25. The summed E-state index contributed by atoms with van der Waals surface area (Å²) in [5, 5.41) is 6.06. The van der Waals surface area contributed by atoms with Gasteiger partial charge in [-0.05, 0) is 25.0 Å². The number of rotatable bonds is 5. The van der Waals surface area contributed by atoms with Crippen molar-refractivity contribution in [3.63, 3.8) is 0 Å². The molecule has 30 heavy (non-hydrogen) atoms. The van der Waals surface area contributed by atoms with E-state index in [1.165, 1.54) is 24.8 Å². The summed E-state index contributed by atoms with van der Waals surface area (Å²) in [5.41, 5.74) is 0.315. The van der Waals surface area contributed by atoms with Crippen LogP contribution in [0.25, 0.3) is 10.2 Å². The quantitative estimate of drug-likeness (QED) is 0.658. The van der Waals surface area contributed by atoms with Gasteiger partial charge in [0.05, 0.1) is 16.8 Å². The highest BCUT2D eigenvalue weighted by atomic mass is 32.1. The first-order valence-corrected chi connectivity index (χ1v) is 11.0. The predicted octanol–water partition coefficient (Wildman–Crippen LogP) is 3.25. The summed E-state index contributed by atoms with van der Waals surface area (Å²) in [6, 6.07) is 7.96. The fourth-order valence-corrected chi connectivity index (χ4v) is 4.80. The molecule has 156 valence electrons. The first kappa shape index (κ1) is 20.3. The van der Waals surface area contributed by atoms with Gasteiger partial charge >= 0.3 is 0 Å². The van der Waals surface area contributed by atoms with E-state index in [0.29, 0.717) is 0 Å². The van der Waals surface area contributed by atoms with Crippen molar-refractivity contribution in [2.75, 3.05) is 7.05 Å². The van der Waals surface area contributed by atoms with E-state index in [-0.39, 0.29) is 23.7 Å². The Morgan fingerprint density at radius 3 is 2.50 bits per heavy atom. The van der Waals surface area contributed by atoms with Crippen LogP contribution in [0.3, 0.4) is 0 Å². The number of para-hydroxylation sites is 1. The summed E-state index contributed by atoms with van der Waals surface area (Å²) in [4.78, 5) is 42.5. The van der Waals surface area contributed by atoms with E-state index in [9.17, 15) is 14.4 Å². The van der Waals surface area contributed by atoms with Crippen molar-refractivity contribution in [3.8, 4) is 0 Å². The van der Waals surface area contributed by atoms with Gasteiger partial charge in [0.25, 0.3) is 11.8 Å². The Hall–Kier alpha value is -3.00. The molecule has 2 aromatic heterocycles. The number of hydrogen-bond donors (Lipinski definition) is 2. The Morgan fingerprint density at radius 2 is 1.80 bits per heavy atom. The smallest absolute Gasteiger partial charge is 0.257 e. The summed E-state index contributed by atoms with van der Waals surface area (Å²) in [6.07, 6.45) is 8.52. The molecular weight excluding hydrogens is 400 g/mol. The van der Waals surface area contributed by atoms with Gasteiger partial charge in [0.2, 0.25) is 5.43 Å². The number of hydrogen-bond acceptors (Lipinski definition) is 5. The number of carbonyl (C=O) groups is 2. The third kappa shape index (κ3) is 4.14. The van der Waals surface area contributed by atoms with E-state index >= 15 is 0 Å². The third-order valence-corrected chi connectivity index (χ3v) is 6.53. The third-order valence-electron chi connectivity index (χ3n) is 5.50. The zero-order chi connectivity index (χ0) is 21.1. The number of amides is 2. The maximum atomic E-state index is 12.9. The lowest BCUT2D eigenvalue weighted by Crippen LogP contribution is -2.35. The minimum Gasteiger partial charge on any atom is -0.355 e. The highest BCUT2D eigenvalue weighted by Crippen LogP contribution is 2.28. The lowest BCUT2D eigenvalue weighted by molar-refractivity contribution is 0.0948. The summed E-state index contributed by atoms with van der Waals surface area (Å²) in [6.45, 7) is 0.227. The lowest BCUT2D eigenvalue weighted by atomic mass is 9.95. The van der Waals surface area contributed by atoms with E-state index in [4.69, 9.17) is 0 Å². The number of benzene rings is 1. The first-order valence-electron chi connectivity index (χ1n) is 10.2. The molecule has 0 atom stereocenters. The van der Waals surface area contributed by atoms with Gasteiger partial charge in [-0.2, -0.15) is 0 Å². The SMILES string of the molecule is CNC(=O)c1cn(C2CCCCC2)cc(C(=O)NCc2nc3ccccc3s2)c1=O. The van der Waals surface area contributed by atoms with Crippen molar-refractivity contribution in [1.82, 2.24) is 20.2 Å². The van der Waals surface area contributed by atoms with E-state index in [1.807, 2.05) is 28.8 Å². The molecule has 1 fully saturated rings. The minimum atomic E-state index is -0.553. The second-order valence-electron chi connectivity index (χ2n) is 7.49. The number of fused-ring (bicyclic) bond motifs is 1. The molecule has 2 amide bonds. The Labute approximate surface area is 178 Å². The molecule has 2 heterocycles. The monoisotopic (exact) mass is 424 g/mol. The molecule has 0 aliphatic heterocycles. The largest absolute Gasteiger partial charge is 0.355 e. The molecule has 4 rings (SSSR count). The molecule has 1 saturated carbocycles. The molecule has 3 aromatic rings. The van der Waals surface area contributed by atoms with Crippen molar-refractivity contribution >= 4 is 33.4 Å². The second-order valence-corrected chi connectivity index (χ2v) is 8.61. The van der Waals surface area contributed by atoms with Crippen molar-refractivity contribution in [1.29, 1.82) is 0 Å². The highest BCUT2D eigenvalue weighted by Gasteiger charge is 2.22. The molecule has 1 aromatic carbocycles. The van der Waals surface area contributed by atoms with E-state index < -0.39 is 17.2 Å². The maximum Gasteiger partial charge on any atom is 0.257 e. The molecule has 0 radical (unpaired) electrons. The summed E-state index contributed by atoms with van der Waals surface area (Å²) in [5.74, 6) is -0.972. The average molecular weight is 425 g/mol. The van der Waals surface area contributed by atoms with Crippen LogP contribution in [0.2, 0.25) is 0 Å². The number of nitrogens with one attached hydrogen (secondary N) is 2. The second kappa shape index (κ2) is 8.79. The van der Waals surface area contributed by atoms with Gasteiger partial charge < -0.3 is 15.2 Å². The molecule has 7 nitrogen and oxygen atoms in total. The molecule has 0 spiro atoms. The van der Waals surface area contributed by atoms with E-state index in [1.54, 1.807) is 12.4 Å². The minimum absolute atomic E-state index is 0.00397. The van der Waals surface area contributed by atoms with E-state index in [0.717, 1.165) is 40.9 Å². The number of pyridine rings is 1. The standard InChI is InChI=1S/C22H24N4O3S/c1-23-21(28)15-12-26(14-7-3-2-4-8-14)13-16(20(15)27)22(29)24-11-19-25-17-9-5-6-10-18(17)30-19/h5-6,9-10,12-14H,2-4,7-8,11H2,1H3,(H,23,28)(H,24,29). The Kier molecular flexibility index (Phi) is 5.94. The molecule has 2 N–H and O–H groups in total. The van der Waals surface area contributed by atoms with Crippen molar-refractivity contribution < 1.29 is 9.59 Å². The van der Waals surface area contributed by atoms with Crippen LogP contribution in [0.4, 0.5) is 0 Å². The predicted molar refractivity (Wildman–Crippen MR) is 117 cm³/mol. The van der Waals surface area contributed by atoms with Crippen molar-refractivity contribution in [3.05, 3.63) is 63.0 Å². The molecule has 0 bridgehead atoms. The molecule has 1 aliphatic rings. The van der Waals surface area contributed by atoms with Crippen LogP contribution in [0.1, 0.15) is 63.9 Å². The topological polar surface area (TPSA) is 93.1 Å². The van der Waals surface area contributed by atoms with Crippen molar-refractivity contribution in [2.24, 2.45) is 0 Å². The van der Waals surface area contributed by atoms with Crippen LogP contribution in [-0.4, -0.2) is 28.4 Å². The fraction of sp³-hybridized carbons (Fsp3) is 0.364. The Morgan fingerprint density at radius 1 is 1.10 bits per heavy atom. The molecule has 1 aliphatic carbocycles. The van der Waals surface area contributed by atoms with Crippen LogP contribution in [0.15, 0.2) is 41.5 Å². The van der Waals surface area contributed by atoms with E-state index in [2.05, 4.69) is 15.6 Å². The van der Waals surface area contributed by atoms with Crippen LogP contribution < -0.4 is 16.1 Å². The first-order chi connectivity index (χ1) is 14.6. The fourth-order valence-electron chi connectivity index (χ4n) is 3.89. The van der Waals surface area contributed by atoms with Crippen molar-refractivity contribution in [2.45, 2.75) is 44.7 Å². The van der Waals surface area contributed by atoms with Gasteiger partial charge in [-0.25, -0.2) is 4.98 Å². The summed E-state index contributed by atoms with van der Waals surface area (Å²) >= 11 is 1.50. The normalized spacial score (nSPS) is 14.6. The number of nitrogens with zero attached hydrogens (tertiary/aromatic N) is 2. The van der Waals surface area contributed by atoms with Crippen LogP contribution in [0, 0.1) is 0 Å². The van der Waals surface area contributed by atoms with Gasteiger partial charge in [-0.3, -0.25) is 14.4 Å². The summed E-state index contributed by atoms with van der Waals surface area (Å²) in [7, 11) is 1.48. The number of carbonyl (C=O) groups excluding carboxylic acids is 2. The molecule has 0 unspecified atom stereocenters. The van der Waals surface area contributed by atoms with Crippen LogP contribution >= 0.6 is 11.3 Å². The van der Waals surface area contributed by atoms with Gasteiger partial charge in [0.15, 0.2) is 0 Å². The molecule has 8 heteroatoms. The van der Waals surface area contributed by atoms with Gasteiger partial charge in [-0.1, -0.05) is 31.4 Å². The zero-order valence-corrected chi connectivity index (χ0v) is 17.6.